The zero-order valence-corrected chi connectivity index (χ0v) is 20.8. The molecule has 0 saturated heterocycles. The third-order valence-corrected chi connectivity index (χ3v) is 7.59. The maximum absolute atomic E-state index is 12.9. The Hall–Kier alpha value is -2.43. The fourth-order valence-electron chi connectivity index (χ4n) is 3.58. The van der Waals surface area contributed by atoms with Crippen LogP contribution in [0.5, 0.6) is 0 Å². The molecule has 0 heterocycles. The number of rotatable bonds is 11. The maximum Gasteiger partial charge on any atom is 0.330 e. The predicted molar refractivity (Wildman–Crippen MR) is 135 cm³/mol. The van der Waals surface area contributed by atoms with Crippen LogP contribution in [0.2, 0.25) is 5.02 Å². The van der Waals surface area contributed by atoms with Crippen LogP contribution in [0.4, 0.5) is 11.4 Å². The SMILES string of the molecule is CCOP(=O)(CCc1ccccc1Nc1ccc(C(=O)c2ccccc2C)c(Cl)c1)OCC. The van der Waals surface area contributed by atoms with Gasteiger partial charge in [-0.15, -0.1) is 0 Å². The van der Waals surface area contributed by atoms with E-state index in [0.29, 0.717) is 35.8 Å². The third-order valence-electron chi connectivity index (χ3n) is 5.21. The average Bonchev–Trinajstić information content (AvgIpc) is 2.79. The van der Waals surface area contributed by atoms with Crippen molar-refractivity contribution in [2.45, 2.75) is 27.2 Å². The van der Waals surface area contributed by atoms with E-state index in [2.05, 4.69) is 5.32 Å². The van der Waals surface area contributed by atoms with Crippen molar-refractivity contribution in [3.05, 3.63) is 94.0 Å². The molecule has 0 bridgehead atoms. The molecule has 3 aromatic carbocycles. The number of carbonyl (C=O) groups is 1. The van der Waals surface area contributed by atoms with Crippen LogP contribution in [-0.4, -0.2) is 25.2 Å². The van der Waals surface area contributed by atoms with E-state index < -0.39 is 7.60 Å². The Morgan fingerprint density at radius 3 is 2.27 bits per heavy atom. The number of anilines is 2. The molecule has 0 amide bonds. The van der Waals surface area contributed by atoms with Crippen LogP contribution < -0.4 is 5.32 Å². The highest BCUT2D eigenvalue weighted by molar-refractivity contribution is 7.53. The van der Waals surface area contributed by atoms with Gasteiger partial charge in [0.2, 0.25) is 0 Å². The average molecular weight is 486 g/mol. The molecule has 0 saturated carbocycles. The van der Waals surface area contributed by atoms with Crippen molar-refractivity contribution >= 4 is 36.4 Å². The van der Waals surface area contributed by atoms with Crippen LogP contribution in [0.3, 0.4) is 0 Å². The van der Waals surface area contributed by atoms with Gasteiger partial charge in [-0.2, -0.15) is 0 Å². The van der Waals surface area contributed by atoms with Gasteiger partial charge >= 0.3 is 7.60 Å². The molecule has 0 unspecified atom stereocenters. The van der Waals surface area contributed by atoms with Gasteiger partial charge in [0.1, 0.15) is 0 Å². The van der Waals surface area contributed by atoms with Crippen molar-refractivity contribution in [2.24, 2.45) is 0 Å². The number of ketones is 1. The second-order valence-corrected chi connectivity index (χ2v) is 10.1. The van der Waals surface area contributed by atoms with Crippen molar-refractivity contribution in [3.63, 3.8) is 0 Å². The number of benzene rings is 3. The highest BCUT2D eigenvalue weighted by Crippen LogP contribution is 2.48. The smallest absolute Gasteiger partial charge is 0.330 e. The molecule has 3 aromatic rings. The molecule has 0 aliphatic carbocycles. The van der Waals surface area contributed by atoms with Crippen molar-refractivity contribution in [3.8, 4) is 0 Å². The van der Waals surface area contributed by atoms with Crippen molar-refractivity contribution in [1.82, 2.24) is 0 Å². The number of aryl methyl sites for hydroxylation is 2. The van der Waals surface area contributed by atoms with Crippen LogP contribution in [0.25, 0.3) is 0 Å². The van der Waals surface area contributed by atoms with E-state index in [1.165, 1.54) is 0 Å². The van der Waals surface area contributed by atoms with Crippen LogP contribution in [0.15, 0.2) is 66.7 Å². The highest BCUT2D eigenvalue weighted by Gasteiger charge is 2.23. The lowest BCUT2D eigenvalue weighted by atomic mass is 9.99. The molecule has 0 aliphatic rings. The fourth-order valence-corrected chi connectivity index (χ4v) is 5.48. The second-order valence-electron chi connectivity index (χ2n) is 7.54. The van der Waals surface area contributed by atoms with E-state index in [-0.39, 0.29) is 11.9 Å². The molecular formula is C26H29ClNO4P. The summed E-state index contributed by atoms with van der Waals surface area (Å²) in [6, 6.07) is 20.6. The minimum atomic E-state index is -3.13. The predicted octanol–water partition coefficient (Wildman–Crippen LogP) is 7.43. The maximum atomic E-state index is 12.9. The molecule has 1 N–H and O–H groups in total. The van der Waals surface area contributed by atoms with Gasteiger partial charge in [-0.05, 0) is 62.6 Å². The zero-order chi connectivity index (χ0) is 23.8. The Morgan fingerprint density at radius 2 is 1.61 bits per heavy atom. The summed E-state index contributed by atoms with van der Waals surface area (Å²) >= 11 is 6.49. The molecular weight excluding hydrogens is 457 g/mol. The fraction of sp³-hybridized carbons (Fsp3) is 0.269. The van der Waals surface area contributed by atoms with Crippen molar-refractivity contribution in [2.75, 3.05) is 24.7 Å². The number of carbonyl (C=O) groups excluding carboxylic acids is 1. The van der Waals surface area contributed by atoms with Crippen molar-refractivity contribution < 1.29 is 18.4 Å². The number of halogens is 1. The van der Waals surface area contributed by atoms with Crippen LogP contribution in [0, 0.1) is 6.92 Å². The minimum absolute atomic E-state index is 0.104. The number of hydrogen-bond donors (Lipinski definition) is 1. The van der Waals surface area contributed by atoms with Gasteiger partial charge in [0.15, 0.2) is 5.78 Å². The largest absolute Gasteiger partial charge is 0.355 e. The van der Waals surface area contributed by atoms with Gasteiger partial charge in [-0.25, -0.2) is 0 Å². The van der Waals surface area contributed by atoms with Crippen LogP contribution >= 0.6 is 19.2 Å². The first kappa shape index (κ1) is 25.2. The van der Waals surface area contributed by atoms with Gasteiger partial charge in [0.25, 0.3) is 0 Å². The number of nitrogens with one attached hydrogen (secondary N) is 1. The summed E-state index contributed by atoms with van der Waals surface area (Å²) in [5.74, 6) is -0.104. The summed E-state index contributed by atoms with van der Waals surface area (Å²) in [5.41, 5.74) is 4.61. The molecule has 0 radical (unpaired) electrons. The molecule has 3 rings (SSSR count). The molecule has 33 heavy (non-hydrogen) atoms. The van der Waals surface area contributed by atoms with E-state index in [1.807, 2.05) is 55.5 Å². The molecule has 0 spiro atoms. The summed E-state index contributed by atoms with van der Waals surface area (Å²) in [4.78, 5) is 12.9. The van der Waals surface area contributed by atoms with Crippen LogP contribution in [0.1, 0.15) is 40.9 Å². The highest BCUT2D eigenvalue weighted by atomic mass is 35.5. The normalized spacial score (nSPS) is 11.4. The van der Waals surface area contributed by atoms with Gasteiger partial charge in [0.05, 0.1) is 24.4 Å². The van der Waals surface area contributed by atoms with Crippen molar-refractivity contribution in [1.29, 1.82) is 0 Å². The Morgan fingerprint density at radius 1 is 0.939 bits per heavy atom. The van der Waals surface area contributed by atoms with Gasteiger partial charge in [-0.3, -0.25) is 9.36 Å². The van der Waals surface area contributed by atoms with E-state index >= 15 is 0 Å². The second kappa shape index (κ2) is 11.6. The lowest BCUT2D eigenvalue weighted by Crippen LogP contribution is -2.06. The van der Waals surface area contributed by atoms with Gasteiger partial charge in [-0.1, -0.05) is 54.1 Å². The first-order chi connectivity index (χ1) is 15.9. The standard InChI is InChI=1S/C26H29ClNO4P/c1-4-31-33(30,32-5-2)17-16-20-11-7-9-13-25(20)28-21-14-15-23(24(27)18-21)26(29)22-12-8-6-10-19(22)3/h6-15,18,28H,4-5,16-17H2,1-3H3. The molecule has 7 heteroatoms. The van der Waals surface area contributed by atoms with E-state index in [9.17, 15) is 9.36 Å². The van der Waals surface area contributed by atoms with E-state index in [4.69, 9.17) is 20.6 Å². The van der Waals surface area contributed by atoms with E-state index in [0.717, 1.165) is 22.5 Å². The topological polar surface area (TPSA) is 64.6 Å². The summed E-state index contributed by atoms with van der Waals surface area (Å²) in [6.07, 6.45) is 0.816. The van der Waals surface area contributed by atoms with Crippen LogP contribution in [-0.2, 0) is 20.0 Å². The minimum Gasteiger partial charge on any atom is -0.355 e. The summed E-state index contributed by atoms with van der Waals surface area (Å²) in [7, 11) is -3.13. The number of para-hydroxylation sites is 1. The molecule has 5 nitrogen and oxygen atoms in total. The molecule has 0 aliphatic heterocycles. The van der Waals surface area contributed by atoms with Gasteiger partial charge in [0, 0.05) is 22.5 Å². The monoisotopic (exact) mass is 485 g/mol. The summed E-state index contributed by atoms with van der Waals surface area (Å²) in [5, 5.41) is 3.74. The molecule has 0 aromatic heterocycles. The first-order valence-corrected chi connectivity index (χ1v) is 13.1. The zero-order valence-electron chi connectivity index (χ0n) is 19.1. The Balaban J connectivity index is 1.78. The molecule has 0 fully saturated rings. The lowest BCUT2D eigenvalue weighted by molar-refractivity contribution is 0.103. The Bertz CT molecular complexity index is 1150. The lowest BCUT2D eigenvalue weighted by Gasteiger charge is -2.18. The first-order valence-electron chi connectivity index (χ1n) is 11.0. The quantitative estimate of drug-likeness (QED) is 0.226. The Labute approximate surface area is 200 Å². The number of hydrogen-bond acceptors (Lipinski definition) is 5. The molecule has 0 atom stereocenters. The van der Waals surface area contributed by atoms with E-state index in [1.54, 1.807) is 32.0 Å². The van der Waals surface area contributed by atoms with Gasteiger partial charge < -0.3 is 14.4 Å². The molecule has 174 valence electrons. The Kier molecular flexibility index (Phi) is 8.87. The third kappa shape index (κ3) is 6.55. The summed E-state index contributed by atoms with van der Waals surface area (Å²) < 4.78 is 23.6. The summed E-state index contributed by atoms with van der Waals surface area (Å²) in [6.45, 7) is 6.19.